The summed E-state index contributed by atoms with van der Waals surface area (Å²) in [5, 5.41) is 15.1. The number of benzene rings is 2. The van der Waals surface area contributed by atoms with Crippen molar-refractivity contribution in [2.45, 2.75) is 38.8 Å². The van der Waals surface area contributed by atoms with Crippen LogP contribution in [0.3, 0.4) is 0 Å². The molecule has 4 rings (SSSR count). The Balaban J connectivity index is 1.44. The molecule has 1 aromatic heterocycles. The Hall–Kier alpha value is -3.82. The van der Waals surface area contributed by atoms with Crippen LogP contribution in [-0.2, 0) is 6.18 Å². The minimum atomic E-state index is -4.54. The number of alkyl halides is 3. The first-order valence-corrected chi connectivity index (χ1v) is 10.3. The molecule has 7 nitrogen and oxygen atoms in total. The minimum Gasteiger partial charge on any atom is -0.322 e. The van der Waals surface area contributed by atoms with Crippen molar-refractivity contribution in [2.75, 3.05) is 16.0 Å². The fraction of sp³-hybridized carbons (Fsp3) is 0.261. The van der Waals surface area contributed by atoms with Gasteiger partial charge in [-0.25, -0.2) is 4.79 Å². The third-order valence-electron chi connectivity index (χ3n) is 5.46. The number of halogens is 3. The zero-order valence-electron chi connectivity index (χ0n) is 17.9. The molecule has 10 heteroatoms. The fourth-order valence-corrected chi connectivity index (χ4v) is 3.44. The molecule has 2 aromatic carbocycles. The van der Waals surface area contributed by atoms with Crippen LogP contribution in [0, 0.1) is 13.8 Å². The second-order valence-electron chi connectivity index (χ2n) is 8.03. The molecule has 1 fully saturated rings. The van der Waals surface area contributed by atoms with Gasteiger partial charge in [-0.1, -0.05) is 12.1 Å². The lowest BCUT2D eigenvalue weighted by molar-refractivity contribution is -0.137. The lowest BCUT2D eigenvalue weighted by Gasteiger charge is -2.13. The van der Waals surface area contributed by atoms with Gasteiger partial charge in [0.05, 0.1) is 5.56 Å². The van der Waals surface area contributed by atoms with E-state index in [9.17, 15) is 22.8 Å². The molecule has 1 saturated carbocycles. The number of aromatic amines is 1. The smallest absolute Gasteiger partial charge is 0.322 e. The van der Waals surface area contributed by atoms with E-state index in [1.54, 1.807) is 19.1 Å². The molecule has 0 bridgehead atoms. The predicted molar refractivity (Wildman–Crippen MR) is 119 cm³/mol. The SMILES string of the molecule is Cc1ccc(NC(=O)c2cccc(C(F)(F)F)c2)cc1NC(=O)Nc1n[nH]c(C2CC2)c1C. The van der Waals surface area contributed by atoms with Gasteiger partial charge in [-0.05, 0) is 62.6 Å². The van der Waals surface area contributed by atoms with E-state index in [4.69, 9.17) is 0 Å². The number of nitrogens with one attached hydrogen (secondary N) is 4. The highest BCUT2D eigenvalue weighted by atomic mass is 19.4. The summed E-state index contributed by atoms with van der Waals surface area (Å²) in [5.74, 6) is 0.219. The fourth-order valence-electron chi connectivity index (χ4n) is 3.44. The van der Waals surface area contributed by atoms with Crippen molar-refractivity contribution in [2.24, 2.45) is 0 Å². The van der Waals surface area contributed by atoms with Crippen molar-refractivity contribution >= 4 is 29.1 Å². The number of nitrogens with zero attached hydrogens (tertiary/aromatic N) is 1. The standard InChI is InChI=1S/C23H22F3N5O2/c1-12-6-9-17(27-21(32)15-4-3-5-16(10-15)23(24,25)26)11-18(12)28-22(33)29-20-13(2)19(30-31-20)14-7-8-14/h3-6,9-11,14H,7-8H2,1-2H3,(H,27,32)(H3,28,29,30,31,33). The molecule has 1 aliphatic carbocycles. The number of rotatable bonds is 5. The van der Waals surface area contributed by atoms with Crippen LogP contribution in [0.4, 0.5) is 35.2 Å². The molecule has 172 valence electrons. The first kappa shape index (κ1) is 22.4. The van der Waals surface area contributed by atoms with Gasteiger partial charge >= 0.3 is 12.2 Å². The Morgan fingerprint density at radius 2 is 1.79 bits per heavy atom. The molecule has 0 spiro atoms. The number of amides is 3. The number of aryl methyl sites for hydroxylation is 1. The monoisotopic (exact) mass is 457 g/mol. The molecule has 3 aromatic rings. The van der Waals surface area contributed by atoms with Crippen molar-refractivity contribution in [3.8, 4) is 0 Å². The van der Waals surface area contributed by atoms with E-state index in [2.05, 4.69) is 26.1 Å². The summed E-state index contributed by atoms with van der Waals surface area (Å²) in [6, 6.07) is 8.48. The number of hydrogen-bond donors (Lipinski definition) is 4. The van der Waals surface area contributed by atoms with Gasteiger partial charge in [0.15, 0.2) is 5.82 Å². The zero-order chi connectivity index (χ0) is 23.8. The molecule has 0 saturated heterocycles. The minimum absolute atomic E-state index is 0.127. The topological polar surface area (TPSA) is 98.9 Å². The lowest BCUT2D eigenvalue weighted by Crippen LogP contribution is -2.21. The van der Waals surface area contributed by atoms with Gasteiger partial charge in [0, 0.05) is 34.1 Å². The van der Waals surface area contributed by atoms with E-state index in [1.165, 1.54) is 18.2 Å². The average Bonchev–Trinajstić information content (AvgIpc) is 3.54. The van der Waals surface area contributed by atoms with Gasteiger partial charge in [0.25, 0.3) is 5.91 Å². The number of carbonyl (C=O) groups is 2. The maximum atomic E-state index is 12.9. The van der Waals surface area contributed by atoms with E-state index in [0.29, 0.717) is 23.1 Å². The molecule has 0 radical (unpaired) electrons. The van der Waals surface area contributed by atoms with Crippen molar-refractivity contribution in [1.29, 1.82) is 0 Å². The second kappa shape index (κ2) is 8.61. The van der Waals surface area contributed by atoms with Gasteiger partial charge < -0.3 is 10.6 Å². The second-order valence-corrected chi connectivity index (χ2v) is 8.03. The number of carbonyl (C=O) groups excluding carboxylic acids is 2. The Bertz CT molecular complexity index is 1220. The molecule has 0 aliphatic heterocycles. The van der Waals surface area contributed by atoms with Gasteiger partial charge in [0.1, 0.15) is 0 Å². The molecule has 3 amide bonds. The maximum absolute atomic E-state index is 12.9. The van der Waals surface area contributed by atoms with E-state index in [0.717, 1.165) is 41.8 Å². The molecule has 0 atom stereocenters. The van der Waals surface area contributed by atoms with Crippen LogP contribution >= 0.6 is 0 Å². The Morgan fingerprint density at radius 3 is 2.48 bits per heavy atom. The van der Waals surface area contributed by atoms with E-state index in [-0.39, 0.29) is 5.56 Å². The van der Waals surface area contributed by atoms with Crippen LogP contribution in [0.1, 0.15) is 51.5 Å². The van der Waals surface area contributed by atoms with Crippen molar-refractivity contribution in [3.63, 3.8) is 0 Å². The average molecular weight is 457 g/mol. The highest BCUT2D eigenvalue weighted by Crippen LogP contribution is 2.41. The summed E-state index contributed by atoms with van der Waals surface area (Å²) in [6.07, 6.45) is -2.34. The Kier molecular flexibility index (Phi) is 5.84. The molecule has 33 heavy (non-hydrogen) atoms. The normalized spacial score (nSPS) is 13.5. The number of hydrogen-bond acceptors (Lipinski definition) is 3. The Morgan fingerprint density at radius 1 is 1.03 bits per heavy atom. The molecule has 4 N–H and O–H groups in total. The summed E-state index contributed by atoms with van der Waals surface area (Å²) in [4.78, 5) is 25.0. The largest absolute Gasteiger partial charge is 0.416 e. The van der Waals surface area contributed by atoms with Crippen molar-refractivity contribution in [3.05, 3.63) is 70.4 Å². The Labute approximate surface area is 187 Å². The van der Waals surface area contributed by atoms with Gasteiger partial charge in [0.2, 0.25) is 0 Å². The molecular weight excluding hydrogens is 435 g/mol. The number of aromatic nitrogens is 2. The quantitative estimate of drug-likeness (QED) is 0.389. The third kappa shape index (κ3) is 5.16. The number of H-pyrrole nitrogens is 1. The first-order chi connectivity index (χ1) is 15.6. The first-order valence-electron chi connectivity index (χ1n) is 10.3. The van der Waals surface area contributed by atoms with Crippen LogP contribution in [-0.4, -0.2) is 22.1 Å². The molecule has 1 aliphatic rings. The van der Waals surface area contributed by atoms with Crippen LogP contribution in [0.5, 0.6) is 0 Å². The van der Waals surface area contributed by atoms with Gasteiger partial charge in [-0.2, -0.15) is 18.3 Å². The highest BCUT2D eigenvalue weighted by molar-refractivity contribution is 6.05. The summed E-state index contributed by atoms with van der Waals surface area (Å²) >= 11 is 0. The zero-order valence-corrected chi connectivity index (χ0v) is 17.9. The summed E-state index contributed by atoms with van der Waals surface area (Å²) in [5.41, 5.74) is 2.39. The maximum Gasteiger partial charge on any atom is 0.416 e. The van der Waals surface area contributed by atoms with Crippen molar-refractivity contribution < 1.29 is 22.8 Å². The van der Waals surface area contributed by atoms with Crippen LogP contribution in [0.2, 0.25) is 0 Å². The number of anilines is 3. The van der Waals surface area contributed by atoms with Crippen LogP contribution in [0.15, 0.2) is 42.5 Å². The predicted octanol–water partition coefficient (Wildman–Crippen LogP) is 5.82. The van der Waals surface area contributed by atoms with Crippen LogP contribution < -0.4 is 16.0 Å². The highest BCUT2D eigenvalue weighted by Gasteiger charge is 2.31. The van der Waals surface area contributed by atoms with Gasteiger partial charge in [-0.3, -0.25) is 15.2 Å². The molecule has 0 unspecified atom stereocenters. The molecule has 1 heterocycles. The number of urea groups is 1. The van der Waals surface area contributed by atoms with E-state index >= 15 is 0 Å². The lowest BCUT2D eigenvalue weighted by atomic mass is 10.1. The van der Waals surface area contributed by atoms with E-state index < -0.39 is 23.7 Å². The molecular formula is C23H22F3N5O2. The van der Waals surface area contributed by atoms with Crippen LogP contribution in [0.25, 0.3) is 0 Å². The van der Waals surface area contributed by atoms with Crippen molar-refractivity contribution in [1.82, 2.24) is 10.2 Å². The summed E-state index contributed by atoms with van der Waals surface area (Å²) in [7, 11) is 0. The van der Waals surface area contributed by atoms with E-state index in [1.807, 2.05) is 6.92 Å². The summed E-state index contributed by atoms with van der Waals surface area (Å²) in [6.45, 7) is 3.67. The third-order valence-corrected chi connectivity index (χ3v) is 5.46. The van der Waals surface area contributed by atoms with Gasteiger partial charge in [-0.15, -0.1) is 0 Å². The summed E-state index contributed by atoms with van der Waals surface area (Å²) < 4.78 is 38.8.